The molecule has 7 atom stereocenters. The van der Waals surface area contributed by atoms with Crippen molar-refractivity contribution in [3.05, 3.63) is 0 Å². The first-order valence-corrected chi connectivity index (χ1v) is 12.9. The zero-order valence-corrected chi connectivity index (χ0v) is 18.0. The van der Waals surface area contributed by atoms with Crippen LogP contribution in [-0.2, 0) is 31.6 Å². The molecule has 3 rings (SSSR count). The summed E-state index contributed by atoms with van der Waals surface area (Å²) in [6.45, 7) is -0.749. The number of aliphatic hydroxyl groups is 2. The van der Waals surface area contributed by atoms with Gasteiger partial charge in [0.05, 0.1) is 13.3 Å². The van der Waals surface area contributed by atoms with E-state index in [0.717, 1.165) is 0 Å². The number of amidine groups is 1. The fraction of sp³-hybridized carbons (Fsp3) is 0.800. The fourth-order valence-corrected chi connectivity index (χ4v) is 5.99. The van der Waals surface area contributed by atoms with E-state index in [-0.39, 0.29) is 13.3 Å². The summed E-state index contributed by atoms with van der Waals surface area (Å²) in [4.78, 5) is 45.4. The fourth-order valence-electron chi connectivity index (χ4n) is 2.96. The number of hydrogen-bond donors (Lipinski definition) is 8. The third kappa shape index (κ3) is 6.03. The molecule has 178 valence electrons. The van der Waals surface area contributed by atoms with Gasteiger partial charge in [-0.3, -0.25) is 19.8 Å². The van der Waals surface area contributed by atoms with Crippen LogP contribution in [0.15, 0.2) is 9.98 Å². The lowest BCUT2D eigenvalue weighted by molar-refractivity contribution is -0.0682. The molecule has 3 aliphatic rings. The average molecular weight is 511 g/mol. The summed E-state index contributed by atoms with van der Waals surface area (Å²) in [6.07, 6.45) is -6.35. The maximum absolute atomic E-state index is 11.8. The van der Waals surface area contributed by atoms with Crippen LogP contribution in [-0.4, -0.2) is 96.9 Å². The number of aliphatic imine (C=N–C) groups is 2. The van der Waals surface area contributed by atoms with Gasteiger partial charge in [-0.2, -0.15) is 8.62 Å². The van der Waals surface area contributed by atoms with Crippen molar-refractivity contribution in [3.8, 4) is 0 Å². The lowest BCUT2D eigenvalue weighted by atomic mass is 10.1. The van der Waals surface area contributed by atoms with Gasteiger partial charge in [-0.1, -0.05) is 0 Å². The summed E-state index contributed by atoms with van der Waals surface area (Å²) in [5.41, 5.74) is 6.27. The third-order valence-electron chi connectivity index (χ3n) is 4.19. The van der Waals surface area contributed by atoms with E-state index in [4.69, 9.17) is 25.2 Å². The Labute approximate surface area is 173 Å². The van der Waals surface area contributed by atoms with Crippen LogP contribution in [0.25, 0.3) is 0 Å². The number of nitrogens with two attached hydrogens (primary N) is 1. The maximum atomic E-state index is 11.8. The molecule has 0 bridgehead atoms. The Kier molecular flexibility index (Phi) is 7.21. The van der Waals surface area contributed by atoms with Crippen LogP contribution in [0.1, 0.15) is 0 Å². The highest BCUT2D eigenvalue weighted by Crippen LogP contribution is 2.66. The molecule has 1 saturated heterocycles. The van der Waals surface area contributed by atoms with E-state index in [9.17, 15) is 28.8 Å². The molecule has 31 heavy (non-hydrogen) atoms. The summed E-state index contributed by atoms with van der Waals surface area (Å²) >= 11 is 0. The molecule has 0 aromatic heterocycles. The van der Waals surface area contributed by atoms with Crippen molar-refractivity contribution in [3.63, 3.8) is 0 Å². The van der Waals surface area contributed by atoms with Gasteiger partial charge in [-0.25, -0.2) is 13.7 Å². The Balaban J connectivity index is 1.61. The third-order valence-corrected chi connectivity index (χ3v) is 7.99. The van der Waals surface area contributed by atoms with Gasteiger partial charge in [-0.05, 0) is 0 Å². The van der Waals surface area contributed by atoms with Crippen LogP contribution >= 0.6 is 23.5 Å². The van der Waals surface area contributed by atoms with Crippen molar-refractivity contribution in [2.24, 2.45) is 15.7 Å². The number of phosphoric ester groups is 1. The van der Waals surface area contributed by atoms with E-state index in [1.807, 2.05) is 0 Å². The summed E-state index contributed by atoms with van der Waals surface area (Å²) in [5, 5.41) is 23.3. The number of nitrogens with one attached hydrogen (secondary N) is 1. The number of ether oxygens (including phenoxy) is 1. The maximum Gasteiger partial charge on any atom is 0.490 e. The second-order valence-corrected chi connectivity index (χ2v) is 10.8. The zero-order valence-electron chi connectivity index (χ0n) is 15.3. The quantitative estimate of drug-likeness (QED) is 0.148. The van der Waals surface area contributed by atoms with Gasteiger partial charge in [-0.15, -0.1) is 0 Å². The average Bonchev–Trinajstić information content (AvgIpc) is 3.13. The smallest absolute Gasteiger partial charge is 0.387 e. The first-order chi connectivity index (χ1) is 14.2. The topological polar surface area (TPSA) is 276 Å². The first-order valence-electron chi connectivity index (χ1n) is 8.34. The van der Waals surface area contributed by atoms with Gasteiger partial charge in [0.25, 0.3) is 0 Å². The molecule has 0 aliphatic carbocycles. The van der Waals surface area contributed by atoms with Crippen molar-refractivity contribution < 1.29 is 61.4 Å². The Hall–Kier alpha value is -0.650. The van der Waals surface area contributed by atoms with Crippen LogP contribution in [0.2, 0.25) is 0 Å². The van der Waals surface area contributed by atoms with E-state index in [1.165, 1.54) is 4.90 Å². The van der Waals surface area contributed by atoms with Gasteiger partial charge < -0.3 is 45.2 Å². The zero-order chi connectivity index (χ0) is 23.2. The number of fused-ring (bicyclic) bond motifs is 1. The molecular formula is C10H20N5O13P3. The van der Waals surface area contributed by atoms with E-state index in [0.29, 0.717) is 11.5 Å². The molecule has 0 saturated carbocycles. The predicted molar refractivity (Wildman–Crippen MR) is 98.0 cm³/mol. The van der Waals surface area contributed by atoms with Crippen molar-refractivity contribution in [1.82, 2.24) is 10.2 Å². The largest absolute Gasteiger partial charge is 0.490 e. The Bertz CT molecular complexity index is 908. The number of rotatable bonds is 8. The molecule has 1 fully saturated rings. The first kappa shape index (κ1) is 25.0. The van der Waals surface area contributed by atoms with Gasteiger partial charge in [0.2, 0.25) is 0 Å². The van der Waals surface area contributed by atoms with Gasteiger partial charge in [0, 0.05) is 0 Å². The van der Waals surface area contributed by atoms with Crippen LogP contribution in [0.5, 0.6) is 0 Å². The number of nitrogens with zero attached hydrogens (tertiary/aromatic N) is 3. The van der Waals surface area contributed by atoms with Gasteiger partial charge in [0.15, 0.2) is 12.1 Å². The van der Waals surface area contributed by atoms with Gasteiger partial charge >= 0.3 is 23.5 Å². The minimum atomic E-state index is -5.69. The Morgan fingerprint density at radius 1 is 1.10 bits per heavy atom. The van der Waals surface area contributed by atoms with Crippen LogP contribution in [0.4, 0.5) is 0 Å². The molecule has 3 aliphatic heterocycles. The molecule has 0 amide bonds. The molecule has 0 spiro atoms. The summed E-state index contributed by atoms with van der Waals surface area (Å²) < 4.78 is 50.8. The van der Waals surface area contributed by atoms with Crippen molar-refractivity contribution in [2.45, 2.75) is 30.7 Å². The Morgan fingerprint density at radius 2 is 1.77 bits per heavy atom. The highest BCUT2D eigenvalue weighted by Gasteiger charge is 2.50. The second kappa shape index (κ2) is 8.95. The Morgan fingerprint density at radius 3 is 2.42 bits per heavy atom. The highest BCUT2D eigenvalue weighted by atomic mass is 31.3. The molecule has 0 radical (unpaired) electrons. The molecule has 21 heteroatoms. The molecular weight excluding hydrogens is 491 g/mol. The highest BCUT2D eigenvalue weighted by molar-refractivity contribution is 7.66. The molecule has 0 aromatic carbocycles. The van der Waals surface area contributed by atoms with Crippen LogP contribution in [0.3, 0.4) is 0 Å². The number of aliphatic hydroxyl groups excluding tert-OH is 2. The van der Waals surface area contributed by atoms with E-state index < -0.39 is 60.8 Å². The van der Waals surface area contributed by atoms with Crippen LogP contribution in [0, 0.1) is 0 Å². The van der Waals surface area contributed by atoms with Crippen molar-refractivity contribution in [1.29, 1.82) is 0 Å². The lowest BCUT2D eigenvalue weighted by Crippen LogP contribution is -2.55. The van der Waals surface area contributed by atoms with E-state index >= 15 is 0 Å². The normalized spacial score (nSPS) is 35.2. The minimum absolute atomic E-state index is 0.000579. The molecule has 3 heterocycles. The molecule has 9 N–H and O–H groups in total. The number of phosphoric acid groups is 3. The van der Waals surface area contributed by atoms with E-state index in [1.54, 1.807) is 0 Å². The standard InChI is InChI=1S/C10H20N5O13P3/c11-8-5-9(13-2-12-8)15(3-14-5)10-7(17)6(16)4(26-10)1-25-30(21,22)28-31(23,24)27-29(18,19)20/h4,6-8,10,12,16-17H,1-3,11H2,(H,21,22)(H,23,24)(H2,18,19,20)/t4-,6-,7-,8?,10-/m1/s1. The van der Waals surface area contributed by atoms with Crippen molar-refractivity contribution in [2.75, 3.05) is 19.9 Å². The summed E-state index contributed by atoms with van der Waals surface area (Å²) in [7, 11) is -16.6. The summed E-state index contributed by atoms with van der Waals surface area (Å²) in [6, 6.07) is 0. The van der Waals surface area contributed by atoms with Crippen molar-refractivity contribution >= 4 is 35.0 Å². The SMILES string of the molecule is NC1NCN=C2C1=NCN2[C@@H]1O[C@H](COP(=O)(O)OP(=O)(O)OP(=O)(O)O)[C@@H](O)[C@H]1O. The molecule has 18 nitrogen and oxygen atoms in total. The second-order valence-electron chi connectivity index (χ2n) is 6.41. The number of hydrogen-bond acceptors (Lipinski definition) is 14. The predicted octanol–water partition coefficient (Wildman–Crippen LogP) is -3.27. The molecule has 3 unspecified atom stereocenters. The van der Waals surface area contributed by atoms with E-state index in [2.05, 4.69) is 28.4 Å². The monoisotopic (exact) mass is 511 g/mol. The van der Waals surface area contributed by atoms with Gasteiger partial charge in [0.1, 0.15) is 36.9 Å². The minimum Gasteiger partial charge on any atom is -0.387 e. The lowest BCUT2D eigenvalue weighted by Gasteiger charge is -2.30. The van der Waals surface area contributed by atoms with Crippen LogP contribution < -0.4 is 11.1 Å². The summed E-state index contributed by atoms with van der Waals surface area (Å²) in [5.74, 6) is 0.330. The molecule has 0 aromatic rings.